The number of amides is 1. The second-order valence-corrected chi connectivity index (χ2v) is 8.65. The standard InChI is InChI=1S/C18H17N5S.C3H7NO/c1-11-2-3-14-15(8-11)24-18-16(14)17(19-10-20-18)22-12-5-7-23-13(9-12)4-6-21-23;1-4(2)3-5/h4-7,9-11H,2-3,8H2,1H3,(H,19,20,22);3H,1-2H3. The van der Waals surface area contributed by atoms with Crippen LogP contribution in [0.3, 0.4) is 0 Å². The lowest BCUT2D eigenvalue weighted by atomic mass is 9.89. The van der Waals surface area contributed by atoms with Gasteiger partial charge in [-0.3, -0.25) is 4.79 Å². The van der Waals surface area contributed by atoms with E-state index in [4.69, 9.17) is 0 Å². The van der Waals surface area contributed by atoms with Gasteiger partial charge in [0.15, 0.2) is 0 Å². The molecule has 150 valence electrons. The van der Waals surface area contributed by atoms with E-state index in [0.717, 1.165) is 47.0 Å². The minimum atomic E-state index is 0.750. The molecule has 0 radical (unpaired) electrons. The number of rotatable bonds is 3. The molecular weight excluding hydrogens is 384 g/mol. The molecule has 29 heavy (non-hydrogen) atoms. The lowest BCUT2D eigenvalue weighted by molar-refractivity contribution is -0.115. The summed E-state index contributed by atoms with van der Waals surface area (Å²) in [7, 11) is 3.38. The predicted octanol–water partition coefficient (Wildman–Crippen LogP) is 3.91. The van der Waals surface area contributed by atoms with Crippen molar-refractivity contribution in [1.82, 2.24) is 24.5 Å². The van der Waals surface area contributed by atoms with Crippen LogP contribution in [-0.2, 0) is 17.6 Å². The Bertz CT molecular complexity index is 1150. The number of hydrogen-bond donors (Lipinski definition) is 1. The molecule has 1 aliphatic carbocycles. The van der Waals surface area contributed by atoms with Crippen LogP contribution in [-0.4, -0.2) is 45.0 Å². The summed E-state index contributed by atoms with van der Waals surface area (Å²) in [4.78, 5) is 22.5. The van der Waals surface area contributed by atoms with E-state index in [2.05, 4.69) is 33.4 Å². The van der Waals surface area contributed by atoms with Gasteiger partial charge < -0.3 is 10.2 Å². The maximum Gasteiger partial charge on any atom is 0.209 e. The van der Waals surface area contributed by atoms with Crippen molar-refractivity contribution in [1.29, 1.82) is 0 Å². The number of pyridine rings is 1. The molecule has 4 aromatic heterocycles. The third kappa shape index (κ3) is 4.07. The quantitative estimate of drug-likeness (QED) is 0.520. The van der Waals surface area contributed by atoms with E-state index in [1.54, 1.807) is 26.6 Å². The number of aromatic nitrogens is 4. The Morgan fingerprint density at radius 2 is 2.14 bits per heavy atom. The number of aryl methyl sites for hydroxylation is 1. The molecule has 5 rings (SSSR count). The Labute approximate surface area is 173 Å². The smallest absolute Gasteiger partial charge is 0.209 e. The first-order chi connectivity index (χ1) is 14.0. The first-order valence-electron chi connectivity index (χ1n) is 9.62. The van der Waals surface area contributed by atoms with Crippen molar-refractivity contribution in [2.75, 3.05) is 19.4 Å². The number of fused-ring (bicyclic) bond motifs is 4. The van der Waals surface area contributed by atoms with Crippen LogP contribution < -0.4 is 5.32 Å². The summed E-state index contributed by atoms with van der Waals surface area (Å²) >= 11 is 1.83. The molecule has 0 saturated carbocycles. The molecule has 1 aliphatic rings. The van der Waals surface area contributed by atoms with Gasteiger partial charge in [-0.25, -0.2) is 14.5 Å². The van der Waals surface area contributed by atoms with Gasteiger partial charge in [-0.05, 0) is 48.9 Å². The first kappa shape index (κ1) is 19.3. The van der Waals surface area contributed by atoms with Crippen LogP contribution in [0.1, 0.15) is 23.8 Å². The zero-order chi connectivity index (χ0) is 20.4. The van der Waals surface area contributed by atoms with Gasteiger partial charge in [-0.2, -0.15) is 5.10 Å². The second-order valence-electron chi connectivity index (χ2n) is 7.56. The Hall–Kier alpha value is -3.00. The molecule has 1 atom stereocenters. The van der Waals surface area contributed by atoms with Crippen LogP contribution in [0.15, 0.2) is 36.9 Å². The highest BCUT2D eigenvalue weighted by molar-refractivity contribution is 7.19. The van der Waals surface area contributed by atoms with E-state index < -0.39 is 0 Å². The summed E-state index contributed by atoms with van der Waals surface area (Å²) in [6.45, 7) is 2.33. The zero-order valence-corrected chi connectivity index (χ0v) is 17.6. The fourth-order valence-electron chi connectivity index (χ4n) is 3.51. The summed E-state index contributed by atoms with van der Waals surface area (Å²) in [6.07, 6.45) is 9.71. The van der Waals surface area contributed by atoms with Gasteiger partial charge in [0.25, 0.3) is 0 Å². The Kier molecular flexibility index (Phi) is 5.44. The molecule has 4 aromatic rings. The summed E-state index contributed by atoms with van der Waals surface area (Å²) in [5, 5.41) is 8.94. The van der Waals surface area contributed by atoms with Crippen LogP contribution in [0.4, 0.5) is 11.5 Å². The average molecular weight is 409 g/mol. The van der Waals surface area contributed by atoms with Crippen molar-refractivity contribution in [2.24, 2.45) is 5.92 Å². The summed E-state index contributed by atoms with van der Waals surface area (Å²) in [5.74, 6) is 1.68. The van der Waals surface area contributed by atoms with Gasteiger partial charge in [0, 0.05) is 37.1 Å². The molecule has 4 heterocycles. The fraction of sp³-hybridized carbons (Fsp3) is 0.333. The first-order valence-corrected chi connectivity index (χ1v) is 10.4. The van der Waals surface area contributed by atoms with Gasteiger partial charge in [-0.15, -0.1) is 11.3 Å². The molecule has 0 aliphatic heterocycles. The summed E-state index contributed by atoms with van der Waals surface area (Å²) < 4.78 is 1.86. The molecule has 7 nitrogen and oxygen atoms in total. The second kappa shape index (κ2) is 8.16. The number of nitrogens with one attached hydrogen (secondary N) is 1. The number of carbonyl (C=O) groups excluding carboxylic acids is 1. The van der Waals surface area contributed by atoms with Crippen LogP contribution in [0.5, 0.6) is 0 Å². The van der Waals surface area contributed by atoms with Gasteiger partial charge >= 0.3 is 0 Å². The normalized spacial score (nSPS) is 15.5. The SMILES string of the molecule is CC1CCc2c(sc3ncnc(Nc4ccn5nccc5c4)c23)C1.CN(C)C=O. The van der Waals surface area contributed by atoms with Crippen LogP contribution in [0.2, 0.25) is 0 Å². The van der Waals surface area contributed by atoms with Gasteiger partial charge in [0.2, 0.25) is 6.41 Å². The fourth-order valence-corrected chi connectivity index (χ4v) is 4.86. The van der Waals surface area contributed by atoms with E-state index >= 15 is 0 Å². The molecule has 0 bridgehead atoms. The van der Waals surface area contributed by atoms with Crippen molar-refractivity contribution in [3.05, 3.63) is 47.4 Å². The molecule has 0 fully saturated rings. The largest absolute Gasteiger partial charge is 0.351 e. The predicted molar refractivity (Wildman–Crippen MR) is 117 cm³/mol. The number of nitrogens with zero attached hydrogens (tertiary/aromatic N) is 5. The molecular formula is C21H24N6OS. The molecule has 1 amide bonds. The Morgan fingerprint density at radius 3 is 2.93 bits per heavy atom. The Morgan fingerprint density at radius 1 is 1.31 bits per heavy atom. The van der Waals surface area contributed by atoms with Crippen molar-refractivity contribution >= 4 is 45.0 Å². The molecule has 1 unspecified atom stereocenters. The van der Waals surface area contributed by atoms with Crippen molar-refractivity contribution in [3.8, 4) is 0 Å². The van der Waals surface area contributed by atoms with Gasteiger partial charge in [0.1, 0.15) is 17.0 Å². The van der Waals surface area contributed by atoms with Crippen LogP contribution in [0, 0.1) is 5.92 Å². The third-order valence-electron chi connectivity index (χ3n) is 4.96. The monoisotopic (exact) mass is 408 g/mol. The van der Waals surface area contributed by atoms with E-state index in [1.807, 2.05) is 34.2 Å². The van der Waals surface area contributed by atoms with Crippen molar-refractivity contribution in [3.63, 3.8) is 0 Å². The number of anilines is 2. The van der Waals surface area contributed by atoms with Crippen molar-refractivity contribution < 1.29 is 4.79 Å². The maximum absolute atomic E-state index is 9.43. The highest BCUT2D eigenvalue weighted by Crippen LogP contribution is 2.40. The summed E-state index contributed by atoms with van der Waals surface area (Å²) in [6, 6.07) is 6.10. The van der Waals surface area contributed by atoms with Crippen LogP contribution in [0.25, 0.3) is 15.7 Å². The topological polar surface area (TPSA) is 75.4 Å². The summed E-state index contributed by atoms with van der Waals surface area (Å²) in [5.41, 5.74) is 3.53. The van der Waals surface area contributed by atoms with Crippen LogP contribution >= 0.6 is 11.3 Å². The van der Waals surface area contributed by atoms with Crippen molar-refractivity contribution in [2.45, 2.75) is 26.2 Å². The average Bonchev–Trinajstić information content (AvgIpc) is 3.32. The minimum Gasteiger partial charge on any atom is -0.351 e. The molecule has 0 saturated heterocycles. The Balaban J connectivity index is 0.000000369. The lowest BCUT2D eigenvalue weighted by Gasteiger charge is -2.18. The number of carbonyl (C=O) groups is 1. The minimum absolute atomic E-state index is 0.750. The third-order valence-corrected chi connectivity index (χ3v) is 6.13. The lowest BCUT2D eigenvalue weighted by Crippen LogP contribution is -2.09. The van der Waals surface area contributed by atoms with E-state index in [1.165, 1.54) is 27.1 Å². The molecule has 8 heteroatoms. The highest BCUT2D eigenvalue weighted by Gasteiger charge is 2.23. The van der Waals surface area contributed by atoms with Gasteiger partial charge in [0.05, 0.1) is 10.9 Å². The molecule has 0 aromatic carbocycles. The number of thiophene rings is 1. The molecule has 1 N–H and O–H groups in total. The van der Waals surface area contributed by atoms with E-state index in [9.17, 15) is 4.79 Å². The number of hydrogen-bond acceptors (Lipinski definition) is 6. The van der Waals surface area contributed by atoms with E-state index in [0.29, 0.717) is 0 Å². The highest BCUT2D eigenvalue weighted by atomic mass is 32.1. The van der Waals surface area contributed by atoms with Gasteiger partial charge in [-0.1, -0.05) is 6.92 Å². The zero-order valence-electron chi connectivity index (χ0n) is 16.8. The molecule has 0 spiro atoms. The maximum atomic E-state index is 9.43. The van der Waals surface area contributed by atoms with E-state index in [-0.39, 0.29) is 0 Å².